The average molecular weight is 411 g/mol. The van der Waals surface area contributed by atoms with E-state index in [4.69, 9.17) is 4.74 Å². The van der Waals surface area contributed by atoms with E-state index in [-0.39, 0.29) is 11.3 Å². The van der Waals surface area contributed by atoms with Crippen LogP contribution < -0.4 is 0 Å². The highest BCUT2D eigenvalue weighted by Crippen LogP contribution is 2.42. The molecule has 0 heterocycles. The lowest BCUT2D eigenvalue weighted by molar-refractivity contribution is 0.0980. The summed E-state index contributed by atoms with van der Waals surface area (Å²) < 4.78 is 33.3. The van der Waals surface area contributed by atoms with Crippen molar-refractivity contribution < 1.29 is 13.5 Å². The fourth-order valence-corrected chi connectivity index (χ4v) is 4.90. The van der Waals surface area contributed by atoms with Crippen molar-refractivity contribution in [2.45, 2.75) is 98.3 Å². The van der Waals surface area contributed by atoms with Crippen LogP contribution in [0.1, 0.15) is 98.3 Å². The highest BCUT2D eigenvalue weighted by Gasteiger charge is 2.31. The molecule has 2 saturated carbocycles. The van der Waals surface area contributed by atoms with E-state index in [1.54, 1.807) is 6.92 Å². The minimum Gasteiger partial charge on any atom is -0.491 e. The summed E-state index contributed by atoms with van der Waals surface area (Å²) in [5.41, 5.74) is 0.145. The van der Waals surface area contributed by atoms with Gasteiger partial charge in [-0.3, -0.25) is 0 Å². The second-order valence-corrected chi connectivity index (χ2v) is 8.67. The maximum atomic E-state index is 14.0. The van der Waals surface area contributed by atoms with Crippen molar-refractivity contribution in [3.8, 4) is 0 Å². The van der Waals surface area contributed by atoms with Gasteiger partial charge in [0.1, 0.15) is 0 Å². The van der Waals surface area contributed by atoms with E-state index in [1.807, 2.05) is 13.8 Å². The zero-order valence-electron chi connectivity index (χ0n) is 19.4. The van der Waals surface area contributed by atoms with Gasteiger partial charge in [-0.05, 0) is 74.2 Å². The van der Waals surface area contributed by atoms with Gasteiger partial charge in [-0.25, -0.2) is 4.39 Å². The third-order valence-electron chi connectivity index (χ3n) is 6.81. The SMILES string of the molecule is C=C(CC)/C(F)=C(/F)C(=C)OCC1CCC(C2CCC(CCC)CC2)CC1.CC. The maximum Gasteiger partial charge on any atom is 0.200 e. The van der Waals surface area contributed by atoms with Gasteiger partial charge >= 0.3 is 0 Å². The molecule has 1 nitrogen and oxygen atoms in total. The Morgan fingerprint density at radius 3 is 1.72 bits per heavy atom. The zero-order chi connectivity index (χ0) is 21.8. The first kappa shape index (κ1) is 25.9. The molecule has 29 heavy (non-hydrogen) atoms. The van der Waals surface area contributed by atoms with Crippen molar-refractivity contribution in [2.75, 3.05) is 6.61 Å². The molecule has 0 aromatic heterocycles. The fraction of sp³-hybridized carbons (Fsp3) is 0.769. The van der Waals surface area contributed by atoms with Gasteiger partial charge in [0.05, 0.1) is 6.61 Å². The number of ether oxygens (including phenoxy) is 1. The summed E-state index contributed by atoms with van der Waals surface area (Å²) >= 11 is 0. The first-order valence-electron chi connectivity index (χ1n) is 12.0. The smallest absolute Gasteiger partial charge is 0.200 e. The lowest BCUT2D eigenvalue weighted by Crippen LogP contribution is -2.27. The van der Waals surface area contributed by atoms with Crippen LogP contribution in [-0.4, -0.2) is 6.61 Å². The third-order valence-corrected chi connectivity index (χ3v) is 6.81. The van der Waals surface area contributed by atoms with E-state index >= 15 is 0 Å². The lowest BCUT2D eigenvalue weighted by Gasteiger charge is -2.37. The normalized spacial score (nSPS) is 27.9. The summed E-state index contributed by atoms with van der Waals surface area (Å²) in [6.07, 6.45) is 13.5. The largest absolute Gasteiger partial charge is 0.491 e. The molecule has 0 N–H and O–H groups in total. The molecule has 2 fully saturated rings. The van der Waals surface area contributed by atoms with Crippen LogP contribution in [0.5, 0.6) is 0 Å². The summed E-state index contributed by atoms with van der Waals surface area (Å²) in [4.78, 5) is 0. The Morgan fingerprint density at radius 1 is 0.793 bits per heavy atom. The van der Waals surface area contributed by atoms with Gasteiger partial charge in [-0.15, -0.1) is 0 Å². The molecule has 0 aliphatic heterocycles. The molecule has 0 bridgehead atoms. The second-order valence-electron chi connectivity index (χ2n) is 8.67. The molecule has 0 atom stereocenters. The lowest BCUT2D eigenvalue weighted by atomic mass is 9.69. The van der Waals surface area contributed by atoms with Crippen LogP contribution in [0.3, 0.4) is 0 Å². The predicted molar refractivity (Wildman–Crippen MR) is 121 cm³/mol. The van der Waals surface area contributed by atoms with Gasteiger partial charge in [0.15, 0.2) is 17.4 Å². The standard InChI is InChI=1S/C24H38F2O.C2H6/c1-5-7-19-8-12-21(13-9-19)22-14-10-20(11-15-22)16-27-18(4)24(26)23(25)17(3)6-2;1-2/h19-22H,3-16H2,1-2H3;1-2H3/b24-23-;. The Balaban J connectivity index is 0.00000204. The second kappa shape index (κ2) is 14.0. The molecular weight excluding hydrogens is 366 g/mol. The Labute approximate surface area is 178 Å². The third kappa shape index (κ3) is 8.26. The minimum atomic E-state index is -1.00. The monoisotopic (exact) mass is 410 g/mol. The summed E-state index contributed by atoms with van der Waals surface area (Å²) in [7, 11) is 0. The molecule has 0 aromatic rings. The Bertz CT molecular complexity index is 521. The molecule has 0 aromatic carbocycles. The molecule has 2 aliphatic rings. The summed E-state index contributed by atoms with van der Waals surface area (Å²) in [6.45, 7) is 15.5. The molecule has 0 spiro atoms. The van der Waals surface area contributed by atoms with Crippen LogP contribution in [-0.2, 0) is 4.74 Å². The van der Waals surface area contributed by atoms with Crippen LogP contribution in [0.4, 0.5) is 8.78 Å². The molecule has 168 valence electrons. The summed E-state index contributed by atoms with van der Waals surface area (Å²) in [6, 6.07) is 0. The maximum absolute atomic E-state index is 14.0. The summed E-state index contributed by atoms with van der Waals surface area (Å²) in [5.74, 6) is 1.04. The molecule has 0 saturated heterocycles. The number of rotatable bonds is 9. The fourth-order valence-electron chi connectivity index (χ4n) is 4.90. The van der Waals surface area contributed by atoms with Gasteiger partial charge in [0, 0.05) is 0 Å². The molecule has 3 heteroatoms. The molecule has 0 unspecified atom stereocenters. The van der Waals surface area contributed by atoms with Crippen LogP contribution in [0.15, 0.2) is 36.1 Å². The van der Waals surface area contributed by atoms with Gasteiger partial charge in [-0.1, -0.05) is 66.5 Å². The molecule has 2 aliphatic carbocycles. The van der Waals surface area contributed by atoms with E-state index in [9.17, 15) is 8.78 Å². The van der Waals surface area contributed by atoms with Crippen molar-refractivity contribution in [1.29, 1.82) is 0 Å². The van der Waals surface area contributed by atoms with E-state index in [0.717, 1.165) is 30.6 Å². The van der Waals surface area contributed by atoms with E-state index < -0.39 is 11.7 Å². The number of allylic oxidation sites excluding steroid dienone is 3. The van der Waals surface area contributed by atoms with E-state index in [1.165, 1.54) is 51.4 Å². The highest BCUT2D eigenvalue weighted by atomic mass is 19.2. The summed E-state index contributed by atoms with van der Waals surface area (Å²) in [5, 5.41) is 0. The van der Waals surface area contributed by atoms with Crippen molar-refractivity contribution in [2.24, 2.45) is 23.7 Å². The first-order valence-corrected chi connectivity index (χ1v) is 12.0. The van der Waals surface area contributed by atoms with Crippen molar-refractivity contribution in [3.05, 3.63) is 36.1 Å². The zero-order valence-corrected chi connectivity index (χ0v) is 19.4. The number of halogens is 2. The van der Waals surface area contributed by atoms with Gasteiger partial charge < -0.3 is 4.74 Å². The highest BCUT2D eigenvalue weighted by molar-refractivity contribution is 5.32. The predicted octanol–water partition coefficient (Wildman–Crippen LogP) is 9.07. The molecular formula is C26H44F2O. The van der Waals surface area contributed by atoms with E-state index in [2.05, 4.69) is 20.1 Å². The van der Waals surface area contributed by atoms with Gasteiger partial charge in [0.2, 0.25) is 0 Å². The minimum absolute atomic E-state index is 0.145. The Morgan fingerprint density at radius 2 is 1.28 bits per heavy atom. The number of hydrogen-bond donors (Lipinski definition) is 0. The molecule has 0 radical (unpaired) electrons. The van der Waals surface area contributed by atoms with Crippen LogP contribution in [0.25, 0.3) is 0 Å². The average Bonchev–Trinajstić information content (AvgIpc) is 2.78. The Hall–Kier alpha value is -1.12. The van der Waals surface area contributed by atoms with Crippen LogP contribution >= 0.6 is 0 Å². The Kier molecular flexibility index (Phi) is 12.5. The van der Waals surface area contributed by atoms with Crippen molar-refractivity contribution >= 4 is 0 Å². The number of hydrogen-bond acceptors (Lipinski definition) is 1. The van der Waals surface area contributed by atoms with Gasteiger partial charge in [-0.2, -0.15) is 4.39 Å². The van der Waals surface area contributed by atoms with Gasteiger partial charge in [0.25, 0.3) is 0 Å². The first-order chi connectivity index (χ1) is 14.0. The van der Waals surface area contributed by atoms with Crippen LogP contribution in [0.2, 0.25) is 0 Å². The molecule has 2 rings (SSSR count). The van der Waals surface area contributed by atoms with Crippen molar-refractivity contribution in [1.82, 2.24) is 0 Å². The quantitative estimate of drug-likeness (QED) is 0.272. The van der Waals surface area contributed by atoms with Crippen molar-refractivity contribution in [3.63, 3.8) is 0 Å². The molecule has 0 amide bonds. The van der Waals surface area contributed by atoms with E-state index in [0.29, 0.717) is 18.9 Å². The topological polar surface area (TPSA) is 9.23 Å². The van der Waals surface area contributed by atoms with Crippen LogP contribution in [0, 0.1) is 23.7 Å².